The van der Waals surface area contributed by atoms with Gasteiger partial charge in [0.25, 0.3) is 0 Å². The predicted molar refractivity (Wildman–Crippen MR) is 109 cm³/mol. The highest BCUT2D eigenvalue weighted by molar-refractivity contribution is 5.79. The van der Waals surface area contributed by atoms with E-state index in [0.717, 1.165) is 26.1 Å². The van der Waals surface area contributed by atoms with Gasteiger partial charge in [-0.05, 0) is 26.7 Å². The molecule has 0 aliphatic rings. The Balaban J connectivity index is 0. The van der Waals surface area contributed by atoms with E-state index in [1.807, 2.05) is 13.8 Å². The summed E-state index contributed by atoms with van der Waals surface area (Å²) in [5, 5.41) is 8.43. The van der Waals surface area contributed by atoms with Gasteiger partial charge in [-0.2, -0.15) is 0 Å². The van der Waals surface area contributed by atoms with E-state index in [1.54, 1.807) is 6.08 Å². The molecule has 0 aromatic heterocycles. The Morgan fingerprint density at radius 1 is 0.720 bits per heavy atom. The van der Waals surface area contributed by atoms with Crippen molar-refractivity contribution >= 4 is 5.97 Å². The molecule has 0 amide bonds. The van der Waals surface area contributed by atoms with E-state index in [2.05, 4.69) is 6.92 Å². The number of rotatable bonds is 17. The van der Waals surface area contributed by atoms with Crippen molar-refractivity contribution in [3.8, 4) is 0 Å². The Labute approximate surface area is 157 Å². The van der Waals surface area contributed by atoms with Crippen LogP contribution in [0.3, 0.4) is 0 Å². The van der Waals surface area contributed by atoms with Gasteiger partial charge >= 0.3 is 5.97 Å². The fourth-order valence-electron chi connectivity index (χ4n) is 2.67. The lowest BCUT2D eigenvalue weighted by Crippen LogP contribution is -1.86. The highest BCUT2D eigenvalue weighted by Gasteiger charge is 1.93. The summed E-state index contributed by atoms with van der Waals surface area (Å²) >= 11 is 0. The van der Waals surface area contributed by atoms with Crippen molar-refractivity contribution < 1.29 is 14.6 Å². The molecule has 0 bridgehead atoms. The van der Waals surface area contributed by atoms with Crippen LogP contribution < -0.4 is 0 Å². The first-order valence-corrected chi connectivity index (χ1v) is 10.7. The van der Waals surface area contributed by atoms with E-state index < -0.39 is 5.97 Å². The monoisotopic (exact) mass is 356 g/mol. The topological polar surface area (TPSA) is 46.5 Å². The van der Waals surface area contributed by atoms with Crippen molar-refractivity contribution in [3.63, 3.8) is 0 Å². The number of unbranched alkanes of at least 4 members (excludes halogenated alkanes) is 13. The lowest BCUT2D eigenvalue weighted by molar-refractivity contribution is -0.131. The van der Waals surface area contributed by atoms with Crippen LogP contribution in [0.15, 0.2) is 12.2 Å². The van der Waals surface area contributed by atoms with Crippen LogP contribution in [0.4, 0.5) is 0 Å². The summed E-state index contributed by atoms with van der Waals surface area (Å²) in [6.45, 7) is 7.93. The van der Waals surface area contributed by atoms with Crippen LogP contribution in [0.25, 0.3) is 0 Å². The minimum atomic E-state index is -0.834. The molecular formula is C22H44O3. The molecule has 0 aliphatic carbocycles. The molecule has 0 radical (unpaired) electrons. The lowest BCUT2D eigenvalue weighted by atomic mass is 10.0. The van der Waals surface area contributed by atoms with Crippen molar-refractivity contribution in [1.82, 2.24) is 0 Å². The fraction of sp³-hybridized carbons (Fsp3) is 0.864. The summed E-state index contributed by atoms with van der Waals surface area (Å²) in [5.74, 6) is -0.834. The maximum absolute atomic E-state index is 10.2. The minimum Gasteiger partial charge on any atom is -0.478 e. The highest BCUT2D eigenvalue weighted by atomic mass is 16.5. The van der Waals surface area contributed by atoms with Crippen LogP contribution in [0.2, 0.25) is 0 Å². The molecule has 0 unspecified atom stereocenters. The molecule has 25 heavy (non-hydrogen) atoms. The summed E-state index contributed by atoms with van der Waals surface area (Å²) in [6, 6.07) is 0. The average Bonchev–Trinajstić information content (AvgIpc) is 2.59. The Bertz CT molecular complexity index is 272. The van der Waals surface area contributed by atoms with Gasteiger partial charge < -0.3 is 9.84 Å². The van der Waals surface area contributed by atoms with E-state index in [9.17, 15) is 4.79 Å². The standard InChI is InChI=1S/C18H34O2.C4H10O/c1-2-3-4-5-6-7-8-9-10-11-12-13-14-15-16-17-18(19)20;1-3-5-4-2/h16-17H,2-15H2,1H3,(H,19,20);3-4H2,1-2H3/b17-16+;. The van der Waals surface area contributed by atoms with Crippen LogP contribution in [-0.2, 0) is 9.53 Å². The fourth-order valence-corrected chi connectivity index (χ4v) is 2.67. The molecule has 0 saturated carbocycles. The Kier molecular flexibility index (Phi) is 26.8. The van der Waals surface area contributed by atoms with Gasteiger partial charge in [0.1, 0.15) is 0 Å². The second-order valence-electron chi connectivity index (χ2n) is 6.55. The number of hydrogen-bond donors (Lipinski definition) is 1. The van der Waals surface area contributed by atoms with Crippen LogP contribution in [-0.4, -0.2) is 24.3 Å². The Morgan fingerprint density at radius 2 is 1.12 bits per heavy atom. The highest BCUT2D eigenvalue weighted by Crippen LogP contribution is 2.12. The molecule has 0 heterocycles. The van der Waals surface area contributed by atoms with Gasteiger partial charge in [0, 0.05) is 19.3 Å². The molecule has 0 saturated heterocycles. The zero-order valence-corrected chi connectivity index (χ0v) is 17.2. The van der Waals surface area contributed by atoms with Gasteiger partial charge in [-0.1, -0.05) is 90.0 Å². The van der Waals surface area contributed by atoms with Crippen LogP contribution in [0, 0.1) is 0 Å². The molecule has 0 atom stereocenters. The maximum atomic E-state index is 10.2. The largest absolute Gasteiger partial charge is 0.478 e. The zero-order chi connectivity index (χ0) is 19.0. The van der Waals surface area contributed by atoms with E-state index in [1.165, 1.54) is 83.1 Å². The van der Waals surface area contributed by atoms with Gasteiger partial charge in [0.05, 0.1) is 0 Å². The molecule has 0 aliphatic heterocycles. The SMILES string of the molecule is CCCCCCCCCCCCCCC/C=C/C(=O)O.CCOCC. The van der Waals surface area contributed by atoms with Crippen molar-refractivity contribution in [1.29, 1.82) is 0 Å². The van der Waals surface area contributed by atoms with Gasteiger partial charge in [-0.25, -0.2) is 4.79 Å². The number of allylic oxidation sites excluding steroid dienone is 1. The third-order valence-electron chi connectivity index (χ3n) is 4.14. The third kappa shape index (κ3) is 31.5. The second kappa shape index (κ2) is 25.4. The molecule has 0 aromatic rings. The maximum Gasteiger partial charge on any atom is 0.327 e. The summed E-state index contributed by atoms with van der Waals surface area (Å²) in [6.07, 6.45) is 21.6. The number of carbonyl (C=O) groups is 1. The minimum absolute atomic E-state index is 0.834. The van der Waals surface area contributed by atoms with E-state index >= 15 is 0 Å². The van der Waals surface area contributed by atoms with Crippen molar-refractivity contribution in [2.24, 2.45) is 0 Å². The van der Waals surface area contributed by atoms with Gasteiger partial charge in [-0.15, -0.1) is 0 Å². The molecular weight excluding hydrogens is 312 g/mol. The predicted octanol–water partition coefficient (Wildman–Crippen LogP) is 7.15. The smallest absolute Gasteiger partial charge is 0.327 e. The van der Waals surface area contributed by atoms with Crippen molar-refractivity contribution in [2.45, 2.75) is 111 Å². The van der Waals surface area contributed by atoms with Crippen LogP contribution in [0.5, 0.6) is 0 Å². The number of aliphatic carboxylic acids is 1. The molecule has 1 N–H and O–H groups in total. The zero-order valence-electron chi connectivity index (χ0n) is 17.2. The van der Waals surface area contributed by atoms with Crippen LogP contribution in [0.1, 0.15) is 111 Å². The van der Waals surface area contributed by atoms with E-state index in [-0.39, 0.29) is 0 Å². The van der Waals surface area contributed by atoms with Crippen molar-refractivity contribution in [3.05, 3.63) is 12.2 Å². The number of hydrogen-bond acceptors (Lipinski definition) is 2. The van der Waals surface area contributed by atoms with Gasteiger partial charge in [0.15, 0.2) is 0 Å². The summed E-state index contributed by atoms with van der Waals surface area (Å²) in [7, 11) is 0. The average molecular weight is 357 g/mol. The molecule has 0 rings (SSSR count). The van der Waals surface area contributed by atoms with E-state index in [4.69, 9.17) is 9.84 Å². The third-order valence-corrected chi connectivity index (χ3v) is 4.14. The number of carboxylic acids is 1. The molecule has 3 nitrogen and oxygen atoms in total. The first-order valence-electron chi connectivity index (χ1n) is 10.7. The summed E-state index contributed by atoms with van der Waals surface area (Å²) in [4.78, 5) is 10.2. The van der Waals surface area contributed by atoms with Crippen LogP contribution >= 0.6 is 0 Å². The molecule has 0 aromatic carbocycles. The Morgan fingerprint density at radius 3 is 1.44 bits per heavy atom. The molecule has 0 fully saturated rings. The number of ether oxygens (including phenoxy) is 1. The second-order valence-corrected chi connectivity index (χ2v) is 6.55. The Hall–Kier alpha value is -0.830. The molecule has 150 valence electrons. The van der Waals surface area contributed by atoms with E-state index in [0.29, 0.717) is 0 Å². The summed E-state index contributed by atoms with van der Waals surface area (Å²) < 4.78 is 4.83. The molecule has 0 spiro atoms. The first kappa shape index (κ1) is 26.4. The lowest BCUT2D eigenvalue weighted by Gasteiger charge is -2.02. The van der Waals surface area contributed by atoms with Gasteiger partial charge in [-0.3, -0.25) is 0 Å². The molecule has 3 heteroatoms. The van der Waals surface area contributed by atoms with Crippen molar-refractivity contribution in [2.75, 3.05) is 13.2 Å². The number of carboxylic acid groups (broad SMARTS) is 1. The normalized spacial score (nSPS) is 10.7. The summed E-state index contributed by atoms with van der Waals surface area (Å²) in [5.41, 5.74) is 0. The first-order chi connectivity index (χ1) is 12.2. The van der Waals surface area contributed by atoms with Gasteiger partial charge in [0.2, 0.25) is 0 Å². The quantitative estimate of drug-likeness (QED) is 0.222.